The molecule has 0 aliphatic heterocycles. The summed E-state index contributed by atoms with van der Waals surface area (Å²) in [5.41, 5.74) is 0. The Labute approximate surface area is 153 Å². The summed E-state index contributed by atoms with van der Waals surface area (Å²) in [5.74, 6) is -1.73. The Kier molecular flexibility index (Phi) is 11.9. The van der Waals surface area contributed by atoms with Crippen LogP contribution in [0, 0.1) is 0 Å². The number of nitrogens with one attached hydrogen (secondary N) is 4. The van der Waals surface area contributed by atoms with Crippen LogP contribution in [0.2, 0.25) is 0 Å². The number of hydrogen-bond acceptors (Lipinski definition) is 8. The molecule has 0 saturated carbocycles. The molecule has 0 saturated heterocycles. The van der Waals surface area contributed by atoms with Gasteiger partial charge in [0.1, 0.15) is 13.2 Å². The van der Waals surface area contributed by atoms with Gasteiger partial charge in [0.2, 0.25) is 0 Å². The van der Waals surface area contributed by atoms with Gasteiger partial charge in [-0.05, 0) is 0 Å². The molecule has 12 nitrogen and oxygen atoms in total. The summed E-state index contributed by atoms with van der Waals surface area (Å²) in [6.45, 7) is 2.94. The van der Waals surface area contributed by atoms with Gasteiger partial charge in [-0.15, -0.1) is 0 Å². The third-order valence-corrected chi connectivity index (χ3v) is 4.81. The Morgan fingerprint density at radius 1 is 0.731 bits per heavy atom. The second-order valence-corrected chi connectivity index (χ2v) is 7.63. The van der Waals surface area contributed by atoms with E-state index in [1.54, 1.807) is 13.8 Å². The van der Waals surface area contributed by atoms with Crippen LogP contribution in [0.3, 0.4) is 0 Å². The van der Waals surface area contributed by atoms with Crippen LogP contribution >= 0.6 is 0 Å². The molecule has 14 heteroatoms. The lowest BCUT2D eigenvalue weighted by Crippen LogP contribution is -2.38. The summed E-state index contributed by atoms with van der Waals surface area (Å²) in [5, 5.41) is 0. The molecule has 0 atom stereocenters. The molecule has 0 aliphatic carbocycles. The maximum atomic E-state index is 11.3. The van der Waals surface area contributed by atoms with Gasteiger partial charge in [0.25, 0.3) is 20.4 Å². The number of hydrogen-bond donors (Lipinski definition) is 4. The first-order valence-electron chi connectivity index (χ1n) is 7.62. The fourth-order valence-electron chi connectivity index (χ4n) is 1.37. The molecule has 0 aromatic heterocycles. The summed E-state index contributed by atoms with van der Waals surface area (Å²) >= 11 is 0. The maximum absolute atomic E-state index is 11.3. The number of rotatable bonds is 14. The lowest BCUT2D eigenvalue weighted by Gasteiger charge is -2.06. The minimum Gasteiger partial charge on any atom is -0.461 e. The molecular weight excluding hydrogens is 392 g/mol. The molecule has 0 aromatic rings. The van der Waals surface area contributed by atoms with Gasteiger partial charge < -0.3 is 9.47 Å². The Morgan fingerprint density at radius 2 is 1.08 bits per heavy atom. The van der Waals surface area contributed by atoms with Crippen LogP contribution < -0.4 is 18.9 Å². The minimum atomic E-state index is -3.62. The first kappa shape index (κ1) is 24.4. The zero-order chi connectivity index (χ0) is 20.1. The van der Waals surface area contributed by atoms with E-state index in [0.717, 1.165) is 12.2 Å². The van der Waals surface area contributed by atoms with Gasteiger partial charge in [-0.2, -0.15) is 26.3 Å². The van der Waals surface area contributed by atoms with E-state index in [4.69, 9.17) is 0 Å². The average Bonchev–Trinajstić information content (AvgIpc) is 2.53. The van der Waals surface area contributed by atoms with Gasteiger partial charge >= 0.3 is 11.9 Å². The van der Waals surface area contributed by atoms with Gasteiger partial charge in [-0.25, -0.2) is 19.0 Å². The van der Waals surface area contributed by atoms with E-state index in [2.05, 4.69) is 28.4 Å². The van der Waals surface area contributed by atoms with Crippen LogP contribution in [0.15, 0.2) is 12.2 Å². The molecule has 0 radical (unpaired) electrons. The monoisotopic (exact) mass is 416 g/mol. The Morgan fingerprint density at radius 3 is 1.38 bits per heavy atom. The fraction of sp³-hybridized carbons (Fsp3) is 0.667. The summed E-state index contributed by atoms with van der Waals surface area (Å²) < 4.78 is 62.9. The van der Waals surface area contributed by atoms with Crippen molar-refractivity contribution in [3.05, 3.63) is 12.2 Å². The van der Waals surface area contributed by atoms with E-state index in [-0.39, 0.29) is 39.4 Å². The molecule has 0 spiro atoms. The predicted molar refractivity (Wildman–Crippen MR) is 92.3 cm³/mol. The third kappa shape index (κ3) is 13.7. The van der Waals surface area contributed by atoms with E-state index in [9.17, 15) is 26.4 Å². The molecule has 0 aromatic carbocycles. The molecule has 0 fully saturated rings. The van der Waals surface area contributed by atoms with Crippen molar-refractivity contribution in [1.29, 1.82) is 0 Å². The number of carbonyl (C=O) groups excluding carboxylic acids is 2. The van der Waals surface area contributed by atoms with E-state index < -0.39 is 32.4 Å². The topological polar surface area (TPSA) is 169 Å². The highest BCUT2D eigenvalue weighted by atomic mass is 32.2. The lowest BCUT2D eigenvalue weighted by atomic mass is 10.5. The molecule has 0 unspecified atom stereocenters. The molecule has 152 valence electrons. The van der Waals surface area contributed by atoms with Gasteiger partial charge in [-0.3, -0.25) is 0 Å². The highest BCUT2D eigenvalue weighted by molar-refractivity contribution is 7.87. The molecular formula is C12H24N4O8S2. The van der Waals surface area contributed by atoms with Crippen LogP contribution in [-0.2, 0) is 39.5 Å². The Bertz CT molecular complexity index is 617. The highest BCUT2D eigenvalue weighted by Gasteiger charge is 2.08. The first-order chi connectivity index (χ1) is 12.1. The quantitative estimate of drug-likeness (QED) is 0.137. The van der Waals surface area contributed by atoms with Crippen molar-refractivity contribution in [2.45, 2.75) is 13.8 Å². The van der Waals surface area contributed by atoms with Gasteiger partial charge in [0.15, 0.2) is 0 Å². The molecule has 26 heavy (non-hydrogen) atoms. The van der Waals surface area contributed by atoms with Crippen molar-refractivity contribution < 1.29 is 35.9 Å². The highest BCUT2D eigenvalue weighted by Crippen LogP contribution is 1.86. The minimum absolute atomic E-state index is 0.134. The Hall–Kier alpha value is -1.58. The standard InChI is InChI=1S/C12H24N4O8S2/c1-3-13-25(19,20)15-7-9-23-11(17)5-6-12(18)24-10-8-16-26(21,22)14-4-2/h5-6,13-16H,3-4,7-10H2,1-2H3/b6-5+. The smallest absolute Gasteiger partial charge is 0.331 e. The lowest BCUT2D eigenvalue weighted by molar-refractivity contribution is -0.140. The van der Waals surface area contributed by atoms with Crippen molar-refractivity contribution in [2.24, 2.45) is 0 Å². The fourth-order valence-corrected chi connectivity index (χ4v) is 3.04. The average molecular weight is 416 g/mol. The van der Waals surface area contributed by atoms with Crippen LogP contribution in [0.25, 0.3) is 0 Å². The van der Waals surface area contributed by atoms with Gasteiger partial charge in [0.05, 0.1) is 0 Å². The van der Waals surface area contributed by atoms with Gasteiger partial charge in [-0.1, -0.05) is 13.8 Å². The molecule has 0 aliphatic rings. The van der Waals surface area contributed by atoms with Crippen LogP contribution in [0.4, 0.5) is 0 Å². The van der Waals surface area contributed by atoms with E-state index in [0.29, 0.717) is 0 Å². The van der Waals surface area contributed by atoms with Crippen molar-refractivity contribution in [1.82, 2.24) is 18.9 Å². The van der Waals surface area contributed by atoms with Gasteiger partial charge in [0, 0.05) is 38.3 Å². The van der Waals surface area contributed by atoms with Crippen LogP contribution in [-0.4, -0.2) is 68.2 Å². The molecule has 0 amide bonds. The molecule has 4 N–H and O–H groups in total. The molecule has 0 heterocycles. The van der Waals surface area contributed by atoms with Crippen molar-refractivity contribution >= 4 is 32.4 Å². The maximum Gasteiger partial charge on any atom is 0.331 e. The van der Waals surface area contributed by atoms with E-state index in [1.807, 2.05) is 0 Å². The number of esters is 2. The SMILES string of the molecule is CCNS(=O)(=O)NCCOC(=O)/C=C/C(=O)OCCNS(=O)(=O)NCC. The first-order valence-corrected chi connectivity index (χ1v) is 10.6. The summed E-state index contributed by atoms with van der Waals surface area (Å²) in [6.07, 6.45) is 1.62. The van der Waals surface area contributed by atoms with E-state index in [1.165, 1.54) is 0 Å². The normalized spacial score (nSPS) is 12.2. The second-order valence-electron chi connectivity index (χ2n) is 4.46. The van der Waals surface area contributed by atoms with Crippen molar-refractivity contribution in [2.75, 3.05) is 39.4 Å². The predicted octanol–water partition coefficient (Wildman–Crippen LogP) is -2.48. The summed E-state index contributed by atoms with van der Waals surface area (Å²) in [4.78, 5) is 22.6. The Balaban J connectivity index is 3.94. The zero-order valence-corrected chi connectivity index (χ0v) is 16.1. The number of carbonyl (C=O) groups is 2. The number of ether oxygens (including phenoxy) is 2. The van der Waals surface area contributed by atoms with Crippen LogP contribution in [0.1, 0.15) is 13.8 Å². The third-order valence-electron chi connectivity index (χ3n) is 2.30. The van der Waals surface area contributed by atoms with Crippen molar-refractivity contribution in [3.63, 3.8) is 0 Å². The molecule has 0 bridgehead atoms. The van der Waals surface area contributed by atoms with Crippen molar-refractivity contribution in [3.8, 4) is 0 Å². The summed E-state index contributed by atoms with van der Waals surface area (Å²) in [6, 6.07) is 0. The largest absolute Gasteiger partial charge is 0.461 e. The zero-order valence-electron chi connectivity index (χ0n) is 14.5. The summed E-state index contributed by atoms with van der Waals surface area (Å²) in [7, 11) is -7.24. The second kappa shape index (κ2) is 12.7. The van der Waals surface area contributed by atoms with Crippen LogP contribution in [0.5, 0.6) is 0 Å². The van der Waals surface area contributed by atoms with E-state index >= 15 is 0 Å². The molecule has 0 rings (SSSR count).